The SMILES string of the molecule is N#CC(C(=O)Nc1ccccn1)C(=O)c1cc2cccc(Br)c2o1. The van der Waals surface area contributed by atoms with Crippen molar-refractivity contribution in [1.82, 2.24) is 4.98 Å². The van der Waals surface area contributed by atoms with Crippen molar-refractivity contribution >= 4 is 44.4 Å². The highest BCUT2D eigenvalue weighted by Gasteiger charge is 2.30. The minimum atomic E-state index is -1.52. The average molecular weight is 384 g/mol. The van der Waals surface area contributed by atoms with E-state index in [0.29, 0.717) is 15.4 Å². The molecule has 0 saturated carbocycles. The Labute approximate surface area is 145 Å². The lowest BCUT2D eigenvalue weighted by atomic mass is 10.0. The van der Waals surface area contributed by atoms with Gasteiger partial charge in [-0.05, 0) is 40.2 Å². The molecule has 3 rings (SSSR count). The first kappa shape index (κ1) is 15.9. The molecule has 2 aromatic heterocycles. The van der Waals surface area contributed by atoms with Crippen molar-refractivity contribution < 1.29 is 14.0 Å². The van der Waals surface area contributed by atoms with E-state index in [1.54, 1.807) is 42.5 Å². The van der Waals surface area contributed by atoms with E-state index in [1.807, 2.05) is 0 Å². The van der Waals surface area contributed by atoms with E-state index < -0.39 is 17.6 Å². The molecule has 0 saturated heterocycles. The van der Waals surface area contributed by atoms with Gasteiger partial charge >= 0.3 is 0 Å². The van der Waals surface area contributed by atoms with Crippen LogP contribution in [0, 0.1) is 17.2 Å². The van der Waals surface area contributed by atoms with Crippen molar-refractivity contribution in [3.8, 4) is 6.07 Å². The van der Waals surface area contributed by atoms with Crippen LogP contribution in [0.25, 0.3) is 11.0 Å². The monoisotopic (exact) mass is 383 g/mol. The first-order chi connectivity index (χ1) is 11.6. The third-order valence-corrected chi connectivity index (χ3v) is 3.93. The van der Waals surface area contributed by atoms with Gasteiger partial charge in [-0.2, -0.15) is 5.26 Å². The molecule has 6 nitrogen and oxygen atoms in total. The number of nitriles is 1. The zero-order valence-corrected chi connectivity index (χ0v) is 13.8. The van der Waals surface area contributed by atoms with Crippen molar-refractivity contribution in [1.29, 1.82) is 5.26 Å². The molecule has 0 aliphatic rings. The molecular weight excluding hydrogens is 374 g/mol. The van der Waals surface area contributed by atoms with Gasteiger partial charge in [0.25, 0.3) is 5.91 Å². The molecule has 0 spiro atoms. The highest BCUT2D eigenvalue weighted by molar-refractivity contribution is 9.10. The van der Waals surface area contributed by atoms with E-state index >= 15 is 0 Å². The van der Waals surface area contributed by atoms with Crippen LogP contribution in [0.4, 0.5) is 5.82 Å². The van der Waals surface area contributed by atoms with E-state index in [-0.39, 0.29) is 11.6 Å². The molecule has 0 aliphatic heterocycles. The summed E-state index contributed by atoms with van der Waals surface area (Å²) in [6, 6.07) is 13.5. The number of fused-ring (bicyclic) bond motifs is 1. The van der Waals surface area contributed by atoms with Gasteiger partial charge in [-0.1, -0.05) is 18.2 Å². The van der Waals surface area contributed by atoms with Crippen molar-refractivity contribution in [3.63, 3.8) is 0 Å². The predicted octanol–water partition coefficient (Wildman–Crippen LogP) is 3.55. The van der Waals surface area contributed by atoms with Gasteiger partial charge < -0.3 is 9.73 Å². The molecule has 1 amide bonds. The quantitative estimate of drug-likeness (QED) is 0.548. The topological polar surface area (TPSA) is 96.0 Å². The van der Waals surface area contributed by atoms with Crippen LogP contribution < -0.4 is 5.32 Å². The number of hydrogen-bond donors (Lipinski definition) is 1. The molecule has 2 heterocycles. The molecule has 1 atom stereocenters. The highest BCUT2D eigenvalue weighted by Crippen LogP contribution is 2.28. The average Bonchev–Trinajstić information content (AvgIpc) is 3.02. The van der Waals surface area contributed by atoms with E-state index in [0.717, 1.165) is 0 Å². The normalized spacial score (nSPS) is 11.7. The van der Waals surface area contributed by atoms with Gasteiger partial charge in [0.15, 0.2) is 11.7 Å². The Morgan fingerprint density at radius 2 is 2.08 bits per heavy atom. The van der Waals surface area contributed by atoms with Gasteiger partial charge in [0, 0.05) is 11.6 Å². The summed E-state index contributed by atoms with van der Waals surface area (Å²) in [4.78, 5) is 28.6. The molecular formula is C17H10BrN3O3. The Kier molecular flexibility index (Phi) is 4.40. The fourth-order valence-corrected chi connectivity index (χ4v) is 2.63. The standard InChI is InChI=1S/C17H10BrN3O3/c18-12-5-3-4-10-8-13(24-16(10)12)15(22)11(9-19)17(23)21-14-6-1-2-7-20-14/h1-8,11H,(H,20,21,23). The highest BCUT2D eigenvalue weighted by atomic mass is 79.9. The number of pyridine rings is 1. The number of benzene rings is 1. The van der Waals surface area contributed by atoms with Crippen LogP contribution in [-0.2, 0) is 4.79 Å². The first-order valence-corrected chi connectivity index (χ1v) is 7.73. The lowest BCUT2D eigenvalue weighted by molar-refractivity contribution is -0.117. The molecule has 0 radical (unpaired) electrons. The van der Waals surface area contributed by atoms with Gasteiger partial charge in [-0.25, -0.2) is 4.98 Å². The van der Waals surface area contributed by atoms with Crippen LogP contribution in [0.2, 0.25) is 0 Å². The summed E-state index contributed by atoms with van der Waals surface area (Å²) in [6.45, 7) is 0. The van der Waals surface area contributed by atoms with Gasteiger partial charge in [-0.15, -0.1) is 0 Å². The summed E-state index contributed by atoms with van der Waals surface area (Å²) < 4.78 is 6.19. The summed E-state index contributed by atoms with van der Waals surface area (Å²) in [5.74, 6) is -2.75. The molecule has 1 aromatic carbocycles. The lowest BCUT2D eigenvalue weighted by Gasteiger charge is -2.07. The largest absolute Gasteiger partial charge is 0.452 e. The number of hydrogen-bond acceptors (Lipinski definition) is 5. The van der Waals surface area contributed by atoms with E-state index in [1.165, 1.54) is 12.3 Å². The van der Waals surface area contributed by atoms with E-state index in [2.05, 4.69) is 26.2 Å². The van der Waals surface area contributed by atoms with Gasteiger partial charge in [0.05, 0.1) is 10.5 Å². The van der Waals surface area contributed by atoms with Crippen LogP contribution >= 0.6 is 15.9 Å². The van der Waals surface area contributed by atoms with Gasteiger partial charge in [0.2, 0.25) is 5.78 Å². The number of para-hydroxylation sites is 1. The Morgan fingerprint density at radius 1 is 1.25 bits per heavy atom. The number of rotatable bonds is 4. The third-order valence-electron chi connectivity index (χ3n) is 3.31. The zero-order valence-electron chi connectivity index (χ0n) is 12.2. The molecule has 7 heteroatoms. The fraction of sp³-hybridized carbons (Fsp3) is 0.0588. The molecule has 1 N–H and O–H groups in total. The summed E-state index contributed by atoms with van der Waals surface area (Å²) >= 11 is 3.33. The summed E-state index contributed by atoms with van der Waals surface area (Å²) in [7, 11) is 0. The number of carbonyl (C=O) groups is 2. The Hall–Kier alpha value is -2.98. The van der Waals surface area contributed by atoms with Crippen molar-refractivity contribution in [2.24, 2.45) is 5.92 Å². The van der Waals surface area contributed by atoms with Crippen LogP contribution in [0.5, 0.6) is 0 Å². The third kappa shape index (κ3) is 3.05. The Balaban J connectivity index is 1.87. The minimum absolute atomic E-state index is 0.0420. The number of anilines is 1. The van der Waals surface area contributed by atoms with Crippen molar-refractivity contribution in [2.75, 3.05) is 5.32 Å². The van der Waals surface area contributed by atoms with Crippen LogP contribution in [0.1, 0.15) is 10.6 Å². The maximum Gasteiger partial charge on any atom is 0.251 e. The number of aromatic nitrogens is 1. The Morgan fingerprint density at radius 3 is 2.75 bits per heavy atom. The number of Topliss-reactive ketones (excluding diaryl/α,β-unsaturated/α-hetero) is 1. The number of halogens is 1. The smallest absolute Gasteiger partial charge is 0.251 e. The lowest BCUT2D eigenvalue weighted by Crippen LogP contribution is -2.28. The van der Waals surface area contributed by atoms with E-state index in [4.69, 9.17) is 4.42 Å². The zero-order chi connectivity index (χ0) is 17.1. The molecule has 0 aliphatic carbocycles. The second-order valence-corrected chi connectivity index (χ2v) is 5.75. The molecule has 118 valence electrons. The number of ketones is 1. The van der Waals surface area contributed by atoms with Crippen LogP contribution in [0.3, 0.4) is 0 Å². The number of amides is 1. The van der Waals surface area contributed by atoms with Gasteiger partial charge in [0.1, 0.15) is 11.4 Å². The maximum atomic E-state index is 12.5. The van der Waals surface area contributed by atoms with Crippen molar-refractivity contribution in [3.05, 3.63) is 58.9 Å². The second-order valence-electron chi connectivity index (χ2n) is 4.90. The summed E-state index contributed by atoms with van der Waals surface area (Å²) in [5, 5.41) is 12.4. The van der Waals surface area contributed by atoms with E-state index in [9.17, 15) is 14.9 Å². The maximum absolute atomic E-state index is 12.5. The molecule has 0 bridgehead atoms. The predicted molar refractivity (Wildman–Crippen MR) is 90.2 cm³/mol. The molecule has 0 fully saturated rings. The Bertz CT molecular complexity index is 960. The van der Waals surface area contributed by atoms with Crippen LogP contribution in [-0.4, -0.2) is 16.7 Å². The van der Waals surface area contributed by atoms with Gasteiger partial charge in [-0.3, -0.25) is 9.59 Å². The molecule has 24 heavy (non-hydrogen) atoms. The van der Waals surface area contributed by atoms with Crippen molar-refractivity contribution in [2.45, 2.75) is 0 Å². The molecule has 1 unspecified atom stereocenters. The number of furan rings is 1. The number of nitrogens with zero attached hydrogens (tertiary/aromatic N) is 2. The summed E-state index contributed by atoms with van der Waals surface area (Å²) in [6.07, 6.45) is 1.50. The summed E-state index contributed by atoms with van der Waals surface area (Å²) in [5.41, 5.74) is 0.489. The molecule has 3 aromatic rings. The number of carbonyl (C=O) groups excluding carboxylic acids is 2. The number of nitrogens with one attached hydrogen (secondary N) is 1. The second kappa shape index (κ2) is 6.64. The fourth-order valence-electron chi connectivity index (χ4n) is 2.16. The first-order valence-electron chi connectivity index (χ1n) is 6.94. The van der Waals surface area contributed by atoms with Crippen LogP contribution in [0.15, 0.2) is 57.6 Å². The minimum Gasteiger partial charge on any atom is -0.452 e.